The lowest BCUT2D eigenvalue weighted by molar-refractivity contribution is 0.0983. The number of aryl methyl sites for hydroxylation is 2. The van der Waals surface area contributed by atoms with E-state index in [1.807, 2.05) is 43.0 Å². The highest BCUT2D eigenvalue weighted by Crippen LogP contribution is 2.33. The van der Waals surface area contributed by atoms with Crippen LogP contribution < -0.4 is 10.6 Å². The van der Waals surface area contributed by atoms with E-state index < -0.39 is 0 Å². The number of anilines is 1. The van der Waals surface area contributed by atoms with E-state index in [1.54, 1.807) is 0 Å². The molecule has 1 atom stereocenters. The zero-order valence-electron chi connectivity index (χ0n) is 11.7. The minimum atomic E-state index is -0.00639. The van der Waals surface area contributed by atoms with Gasteiger partial charge in [-0.05, 0) is 31.9 Å². The van der Waals surface area contributed by atoms with Crippen molar-refractivity contribution in [2.45, 2.75) is 26.3 Å². The fraction of sp³-hybridized carbons (Fsp3) is 0.333. The molecule has 1 unspecified atom stereocenters. The second-order valence-electron chi connectivity index (χ2n) is 5.22. The number of hydrogen-bond donors (Lipinski definition) is 2. The number of carbonyl (C=O) groups excluding carboxylic acids is 1. The normalized spacial score (nSPS) is 17.9. The lowest BCUT2D eigenvalue weighted by atomic mass is 9.96. The number of nitrogens with one attached hydrogen (secondary N) is 1. The minimum absolute atomic E-state index is 0.00166. The SMILES string of the molecule is Cc1n[nH]c(C)c1C(=O)N1CCC(N)c2ccccc21. The molecule has 0 radical (unpaired) electrons. The maximum Gasteiger partial charge on any atom is 0.262 e. The molecule has 1 aliphatic heterocycles. The summed E-state index contributed by atoms with van der Waals surface area (Å²) in [7, 11) is 0. The van der Waals surface area contributed by atoms with Crippen LogP contribution in [0.1, 0.15) is 39.8 Å². The van der Waals surface area contributed by atoms with E-state index in [0.717, 1.165) is 29.1 Å². The summed E-state index contributed by atoms with van der Waals surface area (Å²) < 4.78 is 0. The topological polar surface area (TPSA) is 75.0 Å². The highest BCUT2D eigenvalue weighted by atomic mass is 16.2. The van der Waals surface area contributed by atoms with Crippen molar-refractivity contribution >= 4 is 11.6 Å². The Hall–Kier alpha value is -2.14. The van der Waals surface area contributed by atoms with Crippen molar-refractivity contribution in [2.75, 3.05) is 11.4 Å². The van der Waals surface area contributed by atoms with Gasteiger partial charge in [-0.3, -0.25) is 9.89 Å². The van der Waals surface area contributed by atoms with Crippen molar-refractivity contribution < 1.29 is 4.79 Å². The molecule has 3 N–H and O–H groups in total. The van der Waals surface area contributed by atoms with E-state index in [4.69, 9.17) is 5.73 Å². The Kier molecular flexibility index (Phi) is 3.06. The monoisotopic (exact) mass is 270 g/mol. The second kappa shape index (κ2) is 4.76. The number of amides is 1. The van der Waals surface area contributed by atoms with Gasteiger partial charge in [-0.2, -0.15) is 5.10 Å². The van der Waals surface area contributed by atoms with Gasteiger partial charge in [0.05, 0.1) is 11.3 Å². The highest BCUT2D eigenvalue weighted by Gasteiger charge is 2.29. The largest absolute Gasteiger partial charge is 0.324 e. The Labute approximate surface area is 117 Å². The Morgan fingerprint density at radius 1 is 1.40 bits per heavy atom. The number of aromatic amines is 1. The summed E-state index contributed by atoms with van der Waals surface area (Å²) in [5, 5.41) is 6.97. The number of para-hydroxylation sites is 1. The average molecular weight is 270 g/mol. The van der Waals surface area contributed by atoms with Gasteiger partial charge in [-0.15, -0.1) is 0 Å². The molecule has 0 saturated carbocycles. The molecule has 0 saturated heterocycles. The van der Waals surface area contributed by atoms with Gasteiger partial charge in [0.2, 0.25) is 0 Å². The summed E-state index contributed by atoms with van der Waals surface area (Å²) in [6.07, 6.45) is 0.776. The molecule has 0 fully saturated rings. The molecular formula is C15H18N4O. The van der Waals surface area contributed by atoms with Crippen LogP contribution in [0.2, 0.25) is 0 Å². The van der Waals surface area contributed by atoms with Crippen LogP contribution in [-0.4, -0.2) is 22.6 Å². The van der Waals surface area contributed by atoms with Crippen LogP contribution in [0.25, 0.3) is 0 Å². The molecule has 5 nitrogen and oxygen atoms in total. The molecule has 1 aromatic heterocycles. The number of rotatable bonds is 1. The van der Waals surface area contributed by atoms with Crippen LogP contribution in [0, 0.1) is 13.8 Å². The third-order valence-corrected chi connectivity index (χ3v) is 3.88. The van der Waals surface area contributed by atoms with E-state index >= 15 is 0 Å². The van der Waals surface area contributed by atoms with Crippen LogP contribution in [0.5, 0.6) is 0 Å². The van der Waals surface area contributed by atoms with Crippen molar-refractivity contribution in [3.63, 3.8) is 0 Å². The molecular weight excluding hydrogens is 252 g/mol. The Morgan fingerprint density at radius 2 is 2.15 bits per heavy atom. The highest BCUT2D eigenvalue weighted by molar-refractivity contribution is 6.08. The van der Waals surface area contributed by atoms with E-state index in [9.17, 15) is 4.79 Å². The number of H-pyrrole nitrogens is 1. The molecule has 1 aromatic carbocycles. The number of carbonyl (C=O) groups is 1. The zero-order valence-corrected chi connectivity index (χ0v) is 11.7. The van der Waals surface area contributed by atoms with Crippen molar-refractivity contribution in [3.05, 3.63) is 46.8 Å². The first-order valence-corrected chi connectivity index (χ1v) is 6.77. The molecule has 20 heavy (non-hydrogen) atoms. The van der Waals surface area contributed by atoms with Crippen LogP contribution in [0.15, 0.2) is 24.3 Å². The van der Waals surface area contributed by atoms with Crippen molar-refractivity contribution in [1.29, 1.82) is 0 Å². The summed E-state index contributed by atoms with van der Waals surface area (Å²) in [6, 6.07) is 7.85. The Morgan fingerprint density at radius 3 is 2.85 bits per heavy atom. The van der Waals surface area contributed by atoms with Gasteiger partial charge in [0, 0.05) is 24.0 Å². The summed E-state index contributed by atoms with van der Waals surface area (Å²) in [5.74, 6) is -0.00639. The number of fused-ring (bicyclic) bond motifs is 1. The van der Waals surface area contributed by atoms with Crippen LogP contribution in [0.4, 0.5) is 5.69 Å². The van der Waals surface area contributed by atoms with Gasteiger partial charge < -0.3 is 10.6 Å². The van der Waals surface area contributed by atoms with Crippen molar-refractivity contribution in [3.8, 4) is 0 Å². The number of nitrogens with zero attached hydrogens (tertiary/aromatic N) is 2. The van der Waals surface area contributed by atoms with E-state index in [2.05, 4.69) is 10.2 Å². The van der Waals surface area contributed by atoms with Gasteiger partial charge in [0.1, 0.15) is 0 Å². The number of nitrogens with two attached hydrogens (primary N) is 1. The standard InChI is InChI=1S/C15H18N4O/c1-9-14(10(2)18-17-9)15(20)19-8-7-12(16)11-5-3-4-6-13(11)19/h3-6,12H,7-8,16H2,1-2H3,(H,17,18). The van der Waals surface area contributed by atoms with Gasteiger partial charge in [-0.1, -0.05) is 18.2 Å². The lowest BCUT2D eigenvalue weighted by Gasteiger charge is -2.32. The van der Waals surface area contributed by atoms with E-state index in [1.165, 1.54) is 0 Å². The molecule has 1 amide bonds. The third-order valence-electron chi connectivity index (χ3n) is 3.88. The quantitative estimate of drug-likeness (QED) is 0.833. The predicted octanol–water partition coefficient (Wildman–Crippen LogP) is 2.08. The molecule has 1 aliphatic rings. The first-order chi connectivity index (χ1) is 9.59. The molecule has 0 aliphatic carbocycles. The number of benzene rings is 1. The van der Waals surface area contributed by atoms with Crippen LogP contribution in [0.3, 0.4) is 0 Å². The van der Waals surface area contributed by atoms with Gasteiger partial charge in [0.15, 0.2) is 0 Å². The minimum Gasteiger partial charge on any atom is -0.324 e. The summed E-state index contributed by atoms with van der Waals surface area (Å²) in [5.41, 5.74) is 10.3. The predicted molar refractivity (Wildman–Crippen MR) is 77.7 cm³/mol. The number of hydrogen-bond acceptors (Lipinski definition) is 3. The summed E-state index contributed by atoms with van der Waals surface area (Å²) in [4.78, 5) is 14.6. The fourth-order valence-electron chi connectivity index (χ4n) is 2.80. The molecule has 0 spiro atoms. The van der Waals surface area contributed by atoms with Crippen molar-refractivity contribution in [1.82, 2.24) is 10.2 Å². The molecule has 3 rings (SSSR count). The van der Waals surface area contributed by atoms with Gasteiger partial charge in [0.25, 0.3) is 5.91 Å². The van der Waals surface area contributed by atoms with E-state index in [0.29, 0.717) is 12.1 Å². The third kappa shape index (κ3) is 1.91. The smallest absolute Gasteiger partial charge is 0.262 e. The van der Waals surface area contributed by atoms with Crippen molar-refractivity contribution in [2.24, 2.45) is 5.73 Å². The van der Waals surface area contributed by atoms with Gasteiger partial charge >= 0.3 is 0 Å². The van der Waals surface area contributed by atoms with E-state index in [-0.39, 0.29) is 11.9 Å². The Balaban J connectivity index is 2.04. The molecule has 5 heteroatoms. The lowest BCUT2D eigenvalue weighted by Crippen LogP contribution is -2.38. The zero-order chi connectivity index (χ0) is 14.3. The summed E-state index contributed by atoms with van der Waals surface area (Å²) >= 11 is 0. The maximum absolute atomic E-state index is 12.8. The fourth-order valence-corrected chi connectivity index (χ4v) is 2.80. The first kappa shape index (κ1) is 12.9. The summed E-state index contributed by atoms with van der Waals surface area (Å²) in [6.45, 7) is 4.36. The first-order valence-electron chi connectivity index (χ1n) is 6.77. The molecule has 2 heterocycles. The maximum atomic E-state index is 12.8. The number of aromatic nitrogens is 2. The molecule has 2 aromatic rings. The van der Waals surface area contributed by atoms with Gasteiger partial charge in [-0.25, -0.2) is 0 Å². The average Bonchev–Trinajstić information content (AvgIpc) is 2.78. The van der Waals surface area contributed by atoms with Crippen LogP contribution in [-0.2, 0) is 0 Å². The van der Waals surface area contributed by atoms with Crippen LogP contribution >= 0.6 is 0 Å². The molecule has 0 bridgehead atoms. The second-order valence-corrected chi connectivity index (χ2v) is 5.22. The molecule has 104 valence electrons. The Bertz CT molecular complexity index is 642.